The number of thioether (sulfide) groups is 1. The number of aryl methyl sites for hydroxylation is 2. The van der Waals surface area contributed by atoms with E-state index < -0.39 is 0 Å². The molecule has 1 aliphatic heterocycles. The molecule has 27 heavy (non-hydrogen) atoms. The molecule has 1 saturated heterocycles. The molecule has 1 aromatic carbocycles. The molecule has 3 rings (SSSR count). The molecule has 1 amide bonds. The zero-order chi connectivity index (χ0) is 19.6. The molecule has 1 fully saturated rings. The molecule has 0 N–H and O–H groups in total. The molecule has 144 valence electrons. The van der Waals surface area contributed by atoms with E-state index in [-0.39, 0.29) is 5.91 Å². The Kier molecular flexibility index (Phi) is 6.05. The van der Waals surface area contributed by atoms with E-state index in [0.717, 1.165) is 46.4 Å². The minimum absolute atomic E-state index is 0.129. The van der Waals surface area contributed by atoms with Gasteiger partial charge in [0.15, 0.2) is 0 Å². The van der Waals surface area contributed by atoms with Crippen LogP contribution < -0.4 is 4.90 Å². The summed E-state index contributed by atoms with van der Waals surface area (Å²) in [6.07, 6.45) is 2.03. The summed E-state index contributed by atoms with van der Waals surface area (Å²) in [6, 6.07) is 8.15. The summed E-state index contributed by atoms with van der Waals surface area (Å²) >= 11 is 1.67. The maximum atomic E-state index is 13.0. The molecule has 6 heteroatoms. The minimum atomic E-state index is 0.129. The summed E-state index contributed by atoms with van der Waals surface area (Å²) in [5.74, 6) is 2.29. The normalized spacial score (nSPS) is 14.7. The third-order valence-corrected chi connectivity index (χ3v) is 5.67. The van der Waals surface area contributed by atoms with Gasteiger partial charge in [0.1, 0.15) is 11.6 Å². The first-order valence-corrected chi connectivity index (χ1v) is 10.7. The van der Waals surface area contributed by atoms with Crippen LogP contribution in [0, 0.1) is 13.8 Å². The van der Waals surface area contributed by atoms with Crippen LogP contribution >= 0.6 is 11.8 Å². The van der Waals surface area contributed by atoms with Crippen LogP contribution in [0.2, 0.25) is 0 Å². The number of nitrogens with zero attached hydrogens (tertiary/aromatic N) is 4. The fourth-order valence-electron chi connectivity index (χ4n) is 3.26. The number of aromatic nitrogens is 2. The number of amides is 1. The van der Waals surface area contributed by atoms with Crippen molar-refractivity contribution < 1.29 is 4.79 Å². The maximum Gasteiger partial charge on any atom is 0.254 e. The second-order valence-corrected chi connectivity index (χ2v) is 8.22. The summed E-state index contributed by atoms with van der Waals surface area (Å²) in [4.78, 5) is 27.6. The van der Waals surface area contributed by atoms with E-state index >= 15 is 0 Å². The average Bonchev–Trinajstić information content (AvgIpc) is 2.67. The number of benzene rings is 1. The Bertz CT molecular complexity index is 829. The molecule has 0 bridgehead atoms. The van der Waals surface area contributed by atoms with Crippen LogP contribution in [-0.4, -0.2) is 53.2 Å². The van der Waals surface area contributed by atoms with Crippen molar-refractivity contribution in [2.75, 3.05) is 37.3 Å². The lowest BCUT2D eigenvalue weighted by Crippen LogP contribution is -2.49. The molecule has 2 heterocycles. The molecule has 2 aromatic rings. The van der Waals surface area contributed by atoms with E-state index in [9.17, 15) is 4.79 Å². The van der Waals surface area contributed by atoms with E-state index in [1.165, 1.54) is 0 Å². The van der Waals surface area contributed by atoms with Gasteiger partial charge in [-0.2, -0.15) is 0 Å². The van der Waals surface area contributed by atoms with Crippen LogP contribution in [0.4, 0.5) is 5.82 Å². The average molecular weight is 385 g/mol. The number of carbonyl (C=O) groups excluding carboxylic acids is 1. The Hall–Kier alpha value is -2.08. The van der Waals surface area contributed by atoms with Crippen molar-refractivity contribution in [2.45, 2.75) is 38.5 Å². The van der Waals surface area contributed by atoms with Gasteiger partial charge in [0.2, 0.25) is 0 Å². The predicted molar refractivity (Wildman–Crippen MR) is 112 cm³/mol. The quantitative estimate of drug-likeness (QED) is 0.748. The number of hydrogen-bond donors (Lipinski definition) is 0. The summed E-state index contributed by atoms with van der Waals surface area (Å²) in [5.41, 5.74) is 2.84. The molecule has 0 spiro atoms. The number of carbonyl (C=O) groups is 1. The summed E-state index contributed by atoms with van der Waals surface area (Å²) in [7, 11) is 0. The highest BCUT2D eigenvalue weighted by atomic mass is 32.2. The molecule has 0 radical (unpaired) electrons. The summed E-state index contributed by atoms with van der Waals surface area (Å²) in [5, 5.41) is 0. The standard InChI is InChI=1S/C21H28N4OS/c1-14(2)20-22-16(4)12-19(23-20)24-8-10-25(11-9-24)21(26)18-13-17(27-5)7-6-15(18)3/h6-7,12-14H,8-11H2,1-5H3. The highest BCUT2D eigenvalue weighted by Gasteiger charge is 2.24. The Labute approximate surface area is 166 Å². The molecule has 0 aliphatic carbocycles. The van der Waals surface area contributed by atoms with Crippen molar-refractivity contribution in [1.82, 2.24) is 14.9 Å². The number of rotatable bonds is 4. The van der Waals surface area contributed by atoms with E-state index in [1.54, 1.807) is 11.8 Å². The number of piperazine rings is 1. The van der Waals surface area contributed by atoms with Crippen molar-refractivity contribution in [3.63, 3.8) is 0 Å². The summed E-state index contributed by atoms with van der Waals surface area (Å²) < 4.78 is 0. The van der Waals surface area contributed by atoms with Gasteiger partial charge in [-0.05, 0) is 37.8 Å². The third-order valence-electron chi connectivity index (χ3n) is 4.94. The van der Waals surface area contributed by atoms with Crippen LogP contribution in [-0.2, 0) is 0 Å². The van der Waals surface area contributed by atoms with Crippen molar-refractivity contribution in [3.05, 3.63) is 46.9 Å². The van der Waals surface area contributed by atoms with Crippen molar-refractivity contribution in [1.29, 1.82) is 0 Å². The van der Waals surface area contributed by atoms with Gasteiger partial charge >= 0.3 is 0 Å². The molecule has 0 atom stereocenters. The van der Waals surface area contributed by atoms with Gasteiger partial charge in [-0.3, -0.25) is 4.79 Å². The number of hydrogen-bond acceptors (Lipinski definition) is 5. The molecule has 1 aromatic heterocycles. The Morgan fingerprint density at radius 1 is 1.07 bits per heavy atom. The maximum absolute atomic E-state index is 13.0. The van der Waals surface area contributed by atoms with Gasteiger partial charge in [0, 0.05) is 54.3 Å². The topological polar surface area (TPSA) is 49.3 Å². The molecule has 1 aliphatic rings. The van der Waals surface area contributed by atoms with Crippen LogP contribution in [0.15, 0.2) is 29.2 Å². The van der Waals surface area contributed by atoms with E-state index in [0.29, 0.717) is 19.0 Å². The van der Waals surface area contributed by atoms with Gasteiger partial charge in [-0.15, -0.1) is 11.8 Å². The van der Waals surface area contributed by atoms with Crippen LogP contribution in [0.3, 0.4) is 0 Å². The van der Waals surface area contributed by atoms with E-state index in [2.05, 4.69) is 29.8 Å². The van der Waals surface area contributed by atoms with E-state index in [1.807, 2.05) is 43.2 Å². The third kappa shape index (κ3) is 4.43. The predicted octanol–water partition coefficient (Wildman–Crippen LogP) is 3.90. The highest BCUT2D eigenvalue weighted by Crippen LogP contribution is 2.22. The zero-order valence-corrected chi connectivity index (χ0v) is 17.6. The first-order chi connectivity index (χ1) is 12.9. The van der Waals surface area contributed by atoms with Crippen LogP contribution in [0.25, 0.3) is 0 Å². The lowest BCUT2D eigenvalue weighted by Gasteiger charge is -2.36. The van der Waals surface area contributed by atoms with Gasteiger partial charge in [0.05, 0.1) is 0 Å². The molecular formula is C21H28N4OS. The van der Waals surface area contributed by atoms with Gasteiger partial charge in [-0.25, -0.2) is 9.97 Å². The van der Waals surface area contributed by atoms with Crippen LogP contribution in [0.5, 0.6) is 0 Å². The Balaban J connectivity index is 1.71. The van der Waals surface area contributed by atoms with Crippen molar-refractivity contribution in [3.8, 4) is 0 Å². The summed E-state index contributed by atoms with van der Waals surface area (Å²) in [6.45, 7) is 11.2. The molecular weight excluding hydrogens is 356 g/mol. The molecule has 0 unspecified atom stereocenters. The first kappa shape index (κ1) is 19.7. The highest BCUT2D eigenvalue weighted by molar-refractivity contribution is 7.98. The Morgan fingerprint density at radius 2 is 1.78 bits per heavy atom. The molecule has 5 nitrogen and oxygen atoms in total. The van der Waals surface area contributed by atoms with E-state index in [4.69, 9.17) is 4.98 Å². The van der Waals surface area contributed by atoms with Gasteiger partial charge < -0.3 is 9.80 Å². The largest absolute Gasteiger partial charge is 0.353 e. The monoisotopic (exact) mass is 384 g/mol. The smallest absolute Gasteiger partial charge is 0.254 e. The van der Waals surface area contributed by atoms with Crippen LogP contribution in [0.1, 0.15) is 47.2 Å². The SMILES string of the molecule is CSc1ccc(C)c(C(=O)N2CCN(c3cc(C)nc(C(C)C)n3)CC2)c1. The fourth-order valence-corrected chi connectivity index (χ4v) is 3.70. The number of anilines is 1. The second kappa shape index (κ2) is 8.30. The lowest BCUT2D eigenvalue weighted by molar-refractivity contribution is 0.0745. The minimum Gasteiger partial charge on any atom is -0.353 e. The van der Waals surface area contributed by atoms with Crippen molar-refractivity contribution >= 4 is 23.5 Å². The molecule has 0 saturated carbocycles. The second-order valence-electron chi connectivity index (χ2n) is 7.34. The fraction of sp³-hybridized carbons (Fsp3) is 0.476. The Morgan fingerprint density at radius 3 is 2.41 bits per heavy atom. The van der Waals surface area contributed by atoms with Gasteiger partial charge in [0.25, 0.3) is 5.91 Å². The van der Waals surface area contributed by atoms with Gasteiger partial charge in [-0.1, -0.05) is 19.9 Å². The first-order valence-electron chi connectivity index (χ1n) is 9.43. The lowest BCUT2D eigenvalue weighted by atomic mass is 10.1. The van der Waals surface area contributed by atoms with Crippen molar-refractivity contribution in [2.24, 2.45) is 0 Å². The zero-order valence-electron chi connectivity index (χ0n) is 16.8.